The quantitative estimate of drug-likeness (QED) is 0.697. The summed E-state index contributed by atoms with van der Waals surface area (Å²) in [6.07, 6.45) is 3.33. The van der Waals surface area contributed by atoms with Crippen LogP contribution in [-0.2, 0) is 0 Å². The van der Waals surface area contributed by atoms with Crippen molar-refractivity contribution in [3.8, 4) is 11.3 Å². The number of amides is 1. The first-order valence-corrected chi connectivity index (χ1v) is 9.58. The Morgan fingerprint density at radius 2 is 1.96 bits per heavy atom. The molecule has 1 amide bonds. The maximum absolute atomic E-state index is 13.0. The van der Waals surface area contributed by atoms with Gasteiger partial charge in [-0.2, -0.15) is 0 Å². The van der Waals surface area contributed by atoms with Crippen molar-refractivity contribution in [2.45, 2.75) is 46.1 Å². The second-order valence-electron chi connectivity index (χ2n) is 8.73. The minimum Gasteiger partial charge on any atom is -0.355 e. The number of rotatable bonds is 2. The summed E-state index contributed by atoms with van der Waals surface area (Å²) in [5, 5.41) is 4.05. The number of benzene rings is 1. The maximum atomic E-state index is 13.0. The highest BCUT2D eigenvalue weighted by atomic mass is 79.9. The summed E-state index contributed by atoms with van der Waals surface area (Å²) in [7, 11) is 0. The highest BCUT2D eigenvalue weighted by molar-refractivity contribution is 9.10. The third-order valence-corrected chi connectivity index (χ3v) is 6.06. The van der Waals surface area contributed by atoms with Gasteiger partial charge >= 0.3 is 0 Å². The molecule has 0 unspecified atom stereocenters. The Bertz CT molecular complexity index is 811. The summed E-state index contributed by atoms with van der Waals surface area (Å²) in [5.74, 6) is 0.628. The number of hydrogen-bond donors (Lipinski definition) is 0. The molecule has 1 aliphatic carbocycles. The molecule has 1 aromatic carbocycles. The molecule has 2 atom stereocenters. The van der Waals surface area contributed by atoms with Gasteiger partial charge in [0, 0.05) is 28.7 Å². The molecule has 2 fully saturated rings. The molecule has 2 aromatic rings. The highest BCUT2D eigenvalue weighted by Crippen LogP contribution is 2.52. The molecule has 1 saturated carbocycles. The van der Waals surface area contributed by atoms with Gasteiger partial charge in [0.15, 0.2) is 11.5 Å². The van der Waals surface area contributed by atoms with E-state index in [1.54, 1.807) is 6.07 Å². The summed E-state index contributed by atoms with van der Waals surface area (Å²) in [6.45, 7) is 7.75. The van der Waals surface area contributed by atoms with Gasteiger partial charge in [-0.15, -0.1) is 0 Å². The molecule has 2 bridgehead atoms. The molecule has 5 heteroatoms. The minimum atomic E-state index is -0.00135. The van der Waals surface area contributed by atoms with E-state index in [4.69, 9.17) is 4.52 Å². The van der Waals surface area contributed by atoms with E-state index in [0.717, 1.165) is 29.4 Å². The Labute approximate surface area is 156 Å². The SMILES string of the molecule is CC1(C)C[C@@H]2C[C@@](C)(CN2C(=O)c2cc(-c3ccc(Br)cc3)on2)C1. The summed E-state index contributed by atoms with van der Waals surface area (Å²) in [4.78, 5) is 15.1. The van der Waals surface area contributed by atoms with E-state index in [1.807, 2.05) is 29.2 Å². The van der Waals surface area contributed by atoms with Gasteiger partial charge in [0.25, 0.3) is 5.91 Å². The van der Waals surface area contributed by atoms with E-state index in [2.05, 4.69) is 41.9 Å². The van der Waals surface area contributed by atoms with Crippen molar-refractivity contribution in [1.82, 2.24) is 10.1 Å². The van der Waals surface area contributed by atoms with Crippen LogP contribution in [0.15, 0.2) is 39.3 Å². The molecule has 2 heterocycles. The summed E-state index contributed by atoms with van der Waals surface area (Å²) in [5.41, 5.74) is 1.84. The zero-order chi connectivity index (χ0) is 17.8. The first-order valence-electron chi connectivity index (χ1n) is 8.78. The molecule has 1 aliphatic heterocycles. The van der Waals surface area contributed by atoms with Crippen LogP contribution in [0.25, 0.3) is 11.3 Å². The van der Waals surface area contributed by atoms with Crippen LogP contribution in [0.5, 0.6) is 0 Å². The van der Waals surface area contributed by atoms with Crippen molar-refractivity contribution in [3.63, 3.8) is 0 Å². The molecular formula is C20H23BrN2O2. The summed E-state index contributed by atoms with van der Waals surface area (Å²) in [6, 6.07) is 9.88. The average molecular weight is 403 g/mol. The predicted octanol–water partition coefficient (Wildman–Crippen LogP) is 5.14. The zero-order valence-corrected chi connectivity index (χ0v) is 16.5. The number of fused-ring (bicyclic) bond motifs is 2. The second-order valence-corrected chi connectivity index (χ2v) is 9.65. The van der Waals surface area contributed by atoms with Gasteiger partial charge in [-0.25, -0.2) is 0 Å². The van der Waals surface area contributed by atoms with Crippen LogP contribution in [0.4, 0.5) is 0 Å². The van der Waals surface area contributed by atoms with Crippen LogP contribution >= 0.6 is 15.9 Å². The lowest BCUT2D eigenvalue weighted by molar-refractivity contribution is 0.0698. The van der Waals surface area contributed by atoms with Gasteiger partial charge < -0.3 is 9.42 Å². The lowest BCUT2D eigenvalue weighted by Crippen LogP contribution is -2.37. The zero-order valence-electron chi connectivity index (χ0n) is 14.9. The largest absolute Gasteiger partial charge is 0.355 e. The standard InChI is InChI=1S/C20H23BrN2O2/c1-19(2)9-15-10-20(3,11-19)12-23(15)18(24)16-8-17(25-22-16)13-4-6-14(21)7-5-13/h4-8,15H,9-12H2,1-3H3/t15-,20-/m1/s1. The fourth-order valence-electron chi connectivity index (χ4n) is 4.97. The topological polar surface area (TPSA) is 46.3 Å². The van der Waals surface area contributed by atoms with E-state index in [0.29, 0.717) is 22.9 Å². The minimum absolute atomic E-state index is 0.00135. The number of likely N-dealkylation sites (tertiary alicyclic amines) is 1. The van der Waals surface area contributed by atoms with Gasteiger partial charge in [-0.3, -0.25) is 4.79 Å². The van der Waals surface area contributed by atoms with Crippen LogP contribution < -0.4 is 0 Å². The number of halogens is 1. The number of nitrogens with zero attached hydrogens (tertiary/aromatic N) is 2. The normalized spacial score (nSPS) is 27.5. The van der Waals surface area contributed by atoms with Crippen molar-refractivity contribution < 1.29 is 9.32 Å². The first kappa shape index (κ1) is 16.8. The van der Waals surface area contributed by atoms with E-state index in [1.165, 1.54) is 6.42 Å². The third kappa shape index (κ3) is 3.14. The third-order valence-electron chi connectivity index (χ3n) is 5.53. The van der Waals surface area contributed by atoms with E-state index in [-0.39, 0.29) is 11.3 Å². The number of hydrogen-bond acceptors (Lipinski definition) is 3. The van der Waals surface area contributed by atoms with Crippen LogP contribution in [-0.4, -0.2) is 28.6 Å². The Kier molecular flexibility index (Phi) is 3.83. The van der Waals surface area contributed by atoms with Crippen molar-refractivity contribution in [1.29, 1.82) is 0 Å². The van der Waals surface area contributed by atoms with Crippen LogP contribution in [0.2, 0.25) is 0 Å². The average Bonchev–Trinajstić information content (AvgIpc) is 3.09. The molecule has 132 valence electrons. The van der Waals surface area contributed by atoms with E-state index in [9.17, 15) is 4.79 Å². The Balaban J connectivity index is 1.57. The maximum Gasteiger partial charge on any atom is 0.276 e. The lowest BCUT2D eigenvalue weighted by Gasteiger charge is -2.39. The molecular weight excluding hydrogens is 380 g/mol. The van der Waals surface area contributed by atoms with Crippen molar-refractivity contribution in [2.75, 3.05) is 6.54 Å². The Morgan fingerprint density at radius 3 is 2.68 bits per heavy atom. The molecule has 1 saturated heterocycles. The van der Waals surface area contributed by atoms with Crippen molar-refractivity contribution >= 4 is 21.8 Å². The molecule has 1 aromatic heterocycles. The molecule has 0 spiro atoms. The molecule has 4 rings (SSSR count). The van der Waals surface area contributed by atoms with Crippen LogP contribution in [0.3, 0.4) is 0 Å². The molecule has 25 heavy (non-hydrogen) atoms. The van der Waals surface area contributed by atoms with Crippen LogP contribution in [0, 0.1) is 10.8 Å². The number of carbonyl (C=O) groups is 1. The smallest absolute Gasteiger partial charge is 0.276 e. The fraction of sp³-hybridized carbons (Fsp3) is 0.500. The number of carbonyl (C=O) groups excluding carboxylic acids is 1. The van der Waals surface area contributed by atoms with Gasteiger partial charge in [0.2, 0.25) is 0 Å². The molecule has 4 nitrogen and oxygen atoms in total. The van der Waals surface area contributed by atoms with E-state index < -0.39 is 0 Å². The van der Waals surface area contributed by atoms with Gasteiger partial charge in [-0.1, -0.05) is 54.0 Å². The van der Waals surface area contributed by atoms with Gasteiger partial charge in [0.1, 0.15) is 0 Å². The fourth-order valence-corrected chi connectivity index (χ4v) is 5.24. The van der Waals surface area contributed by atoms with Crippen molar-refractivity contribution in [2.24, 2.45) is 10.8 Å². The Morgan fingerprint density at radius 1 is 1.24 bits per heavy atom. The highest BCUT2D eigenvalue weighted by Gasteiger charge is 2.51. The predicted molar refractivity (Wildman–Crippen MR) is 100 cm³/mol. The Hall–Kier alpha value is -1.62. The lowest BCUT2D eigenvalue weighted by atomic mass is 9.65. The van der Waals surface area contributed by atoms with E-state index >= 15 is 0 Å². The monoisotopic (exact) mass is 402 g/mol. The summed E-state index contributed by atoms with van der Waals surface area (Å²) >= 11 is 3.42. The summed E-state index contributed by atoms with van der Waals surface area (Å²) < 4.78 is 6.44. The molecule has 0 N–H and O–H groups in total. The van der Waals surface area contributed by atoms with Gasteiger partial charge in [0.05, 0.1) is 0 Å². The first-order chi connectivity index (χ1) is 11.7. The number of aromatic nitrogens is 1. The molecule has 0 radical (unpaired) electrons. The van der Waals surface area contributed by atoms with Crippen LogP contribution in [0.1, 0.15) is 50.5 Å². The molecule has 2 aliphatic rings. The van der Waals surface area contributed by atoms with Crippen molar-refractivity contribution in [3.05, 3.63) is 40.5 Å². The van der Waals surface area contributed by atoms with Gasteiger partial charge in [-0.05, 0) is 42.2 Å². The second kappa shape index (κ2) is 5.70.